The molecule has 1 aromatic carbocycles. The van der Waals surface area contributed by atoms with Crippen molar-refractivity contribution in [3.63, 3.8) is 0 Å². The summed E-state index contributed by atoms with van der Waals surface area (Å²) < 4.78 is 10.9. The van der Waals surface area contributed by atoms with Crippen LogP contribution in [0, 0.1) is 0 Å². The van der Waals surface area contributed by atoms with Crippen molar-refractivity contribution < 1.29 is 47.8 Å². The van der Waals surface area contributed by atoms with Crippen LogP contribution in [0.15, 0.2) is 24.3 Å². The Labute approximate surface area is 194 Å². The van der Waals surface area contributed by atoms with Gasteiger partial charge in [0.2, 0.25) is 11.8 Å². The Kier molecular flexibility index (Phi) is 9.84. The predicted molar refractivity (Wildman–Crippen MR) is 106 cm³/mol. The van der Waals surface area contributed by atoms with Gasteiger partial charge in [0.05, 0.1) is 37.9 Å². The molecule has 0 bridgehead atoms. The van der Waals surface area contributed by atoms with Crippen molar-refractivity contribution in [3.8, 4) is 5.75 Å². The van der Waals surface area contributed by atoms with E-state index in [4.69, 9.17) is 9.47 Å². The fraction of sp³-hybridized carbons (Fsp3) is 0.571. The minimum atomic E-state index is -1.38. The Morgan fingerprint density at radius 3 is 2.39 bits per heavy atom. The van der Waals surface area contributed by atoms with Crippen LogP contribution in [-0.4, -0.2) is 73.7 Å². The van der Waals surface area contributed by atoms with E-state index in [1.165, 1.54) is 6.92 Å². The zero-order chi connectivity index (χ0) is 21.5. The van der Waals surface area contributed by atoms with Crippen LogP contribution >= 0.6 is 0 Å². The number of carbonyl (C=O) groups excluding carboxylic acids is 3. The van der Waals surface area contributed by atoms with Crippen LogP contribution in [0.4, 0.5) is 0 Å². The Balaban J connectivity index is 0.00000341. The third-order valence-electron chi connectivity index (χ3n) is 5.03. The number of nitrogens with one attached hydrogen (secondary N) is 2. The second-order valence-corrected chi connectivity index (χ2v) is 7.72. The summed E-state index contributed by atoms with van der Waals surface area (Å²) in [5.41, 5.74) is 0.733. The topological polar surface area (TPSA) is 120 Å². The summed E-state index contributed by atoms with van der Waals surface area (Å²) in [5, 5.41) is 16.6. The van der Waals surface area contributed by atoms with Gasteiger partial charge in [-0.25, -0.2) is 0 Å². The minimum Gasteiger partial charge on any atom is -0.548 e. The molecule has 0 spiro atoms. The fourth-order valence-electron chi connectivity index (χ4n) is 3.12. The number of carbonyl (C=O) groups is 3. The Bertz CT molecular complexity index is 750. The van der Waals surface area contributed by atoms with Crippen molar-refractivity contribution in [2.24, 2.45) is 0 Å². The number of morpholine rings is 1. The molecular weight excluding hydrogens is 397 g/mol. The number of rotatable bonds is 10. The summed E-state index contributed by atoms with van der Waals surface area (Å²) in [6.07, 6.45) is 2.47. The number of carboxylic acids is 1. The van der Waals surface area contributed by atoms with Crippen molar-refractivity contribution in [1.82, 2.24) is 15.5 Å². The van der Waals surface area contributed by atoms with Gasteiger partial charge in [-0.1, -0.05) is 12.1 Å². The maximum absolute atomic E-state index is 12.4. The zero-order valence-electron chi connectivity index (χ0n) is 18.1. The maximum atomic E-state index is 12.4. The van der Waals surface area contributed by atoms with Gasteiger partial charge in [-0.2, -0.15) is 0 Å². The number of hydrogen-bond donors (Lipinski definition) is 2. The summed E-state index contributed by atoms with van der Waals surface area (Å²) in [5.74, 6) is -1.51. The van der Waals surface area contributed by atoms with E-state index >= 15 is 0 Å². The molecule has 0 unspecified atom stereocenters. The first-order chi connectivity index (χ1) is 14.4. The molecule has 0 aromatic heterocycles. The number of aliphatic carboxylic acids is 1. The van der Waals surface area contributed by atoms with Gasteiger partial charge in [-0.15, -0.1) is 0 Å². The van der Waals surface area contributed by atoms with Crippen molar-refractivity contribution in [2.75, 3.05) is 32.8 Å². The molecule has 10 heteroatoms. The van der Waals surface area contributed by atoms with E-state index in [1.54, 1.807) is 24.3 Å². The molecule has 1 aliphatic carbocycles. The van der Waals surface area contributed by atoms with Crippen LogP contribution in [0.3, 0.4) is 0 Å². The summed E-state index contributed by atoms with van der Waals surface area (Å²) in [6, 6.07) is 5.05. The monoisotopic (exact) mass is 425 g/mol. The third-order valence-corrected chi connectivity index (χ3v) is 5.03. The summed E-state index contributed by atoms with van der Waals surface area (Å²) in [4.78, 5) is 38.0. The fourth-order valence-corrected chi connectivity index (χ4v) is 3.12. The molecule has 0 radical (unpaired) electrons. The number of carboxylic acid groups (broad SMARTS) is 1. The van der Waals surface area contributed by atoms with Gasteiger partial charge in [0.1, 0.15) is 11.8 Å². The predicted octanol–water partition coefficient (Wildman–Crippen LogP) is -4.15. The van der Waals surface area contributed by atoms with Crippen molar-refractivity contribution in [3.05, 3.63) is 29.8 Å². The quantitative estimate of drug-likeness (QED) is 0.365. The largest absolute Gasteiger partial charge is 1.00 e. The van der Waals surface area contributed by atoms with Crippen molar-refractivity contribution in [2.45, 2.75) is 44.4 Å². The van der Waals surface area contributed by atoms with Crippen LogP contribution in [0.1, 0.15) is 25.3 Å². The Morgan fingerprint density at radius 1 is 1.16 bits per heavy atom. The molecular formula is C21H28LiN3O6. The van der Waals surface area contributed by atoms with Crippen LogP contribution < -0.4 is 39.3 Å². The maximum Gasteiger partial charge on any atom is 1.00 e. The molecule has 2 amide bonds. The van der Waals surface area contributed by atoms with Crippen LogP contribution in [0.5, 0.6) is 5.75 Å². The van der Waals surface area contributed by atoms with Gasteiger partial charge >= 0.3 is 18.9 Å². The van der Waals surface area contributed by atoms with Crippen LogP contribution in [-0.2, 0) is 25.5 Å². The SMILES string of the molecule is C[C@H](NC(=O)CN1CCOCC1)C(=O)N[C@@H](Cc1ccc(OC2CC2)cc1)C(=O)[O-].[Li+]. The molecule has 2 N–H and O–H groups in total. The molecule has 1 heterocycles. The summed E-state index contributed by atoms with van der Waals surface area (Å²) in [6.45, 7) is 4.15. The second kappa shape index (κ2) is 12.1. The van der Waals surface area contributed by atoms with E-state index in [0.29, 0.717) is 26.3 Å². The molecule has 1 aliphatic heterocycles. The zero-order valence-corrected chi connectivity index (χ0v) is 18.1. The second-order valence-electron chi connectivity index (χ2n) is 7.72. The Morgan fingerprint density at radius 2 is 1.81 bits per heavy atom. The normalized spacial score (nSPS) is 18.2. The Hall–Kier alpha value is -2.05. The smallest absolute Gasteiger partial charge is 0.548 e. The molecule has 1 saturated heterocycles. The van der Waals surface area contributed by atoms with Crippen molar-refractivity contribution in [1.29, 1.82) is 0 Å². The van der Waals surface area contributed by atoms with Crippen molar-refractivity contribution >= 4 is 17.8 Å². The molecule has 164 valence electrons. The van der Waals surface area contributed by atoms with Gasteiger partial charge < -0.3 is 30.0 Å². The van der Waals surface area contributed by atoms with E-state index < -0.39 is 24.0 Å². The first kappa shape index (κ1) is 25.2. The number of nitrogens with zero attached hydrogens (tertiary/aromatic N) is 1. The number of benzene rings is 1. The van der Waals surface area contributed by atoms with E-state index in [0.717, 1.165) is 24.2 Å². The number of hydrogen-bond acceptors (Lipinski definition) is 7. The first-order valence-corrected chi connectivity index (χ1v) is 10.3. The molecule has 9 nitrogen and oxygen atoms in total. The van der Waals surface area contributed by atoms with Gasteiger partial charge in [-0.3, -0.25) is 14.5 Å². The summed E-state index contributed by atoms with van der Waals surface area (Å²) in [7, 11) is 0. The summed E-state index contributed by atoms with van der Waals surface area (Å²) >= 11 is 0. The van der Waals surface area contributed by atoms with Gasteiger partial charge in [-0.05, 0) is 43.9 Å². The molecule has 3 rings (SSSR count). The van der Waals surface area contributed by atoms with Gasteiger partial charge in [0.25, 0.3) is 0 Å². The molecule has 2 atom stereocenters. The number of amides is 2. The van der Waals surface area contributed by atoms with E-state index in [2.05, 4.69) is 10.6 Å². The number of ether oxygens (including phenoxy) is 2. The third kappa shape index (κ3) is 8.54. The average molecular weight is 425 g/mol. The standard InChI is InChI=1S/C21H29N3O6.Li/c1-14(22-19(25)13-24-8-10-29-11-9-24)20(26)23-18(21(27)28)12-15-2-4-16(5-3-15)30-17-6-7-17;/h2-5,14,17-18H,6-13H2,1H3,(H,22,25)(H,23,26)(H,27,28);/q;+1/p-1/t14-,18-;/m0./s1. The molecule has 1 aromatic rings. The average Bonchev–Trinajstić information content (AvgIpc) is 3.53. The van der Waals surface area contributed by atoms with Crippen LogP contribution in [0.2, 0.25) is 0 Å². The molecule has 2 fully saturated rings. The van der Waals surface area contributed by atoms with Crippen LogP contribution in [0.25, 0.3) is 0 Å². The van der Waals surface area contributed by atoms with E-state index in [-0.39, 0.29) is 43.8 Å². The van der Waals surface area contributed by atoms with E-state index in [1.807, 2.05) is 4.90 Å². The molecule has 2 aliphatic rings. The van der Waals surface area contributed by atoms with E-state index in [9.17, 15) is 19.5 Å². The first-order valence-electron chi connectivity index (χ1n) is 10.3. The van der Waals surface area contributed by atoms with Gasteiger partial charge in [0, 0.05) is 13.1 Å². The molecule has 1 saturated carbocycles. The molecule has 31 heavy (non-hydrogen) atoms. The minimum absolute atomic E-state index is 0. The van der Waals surface area contributed by atoms with Gasteiger partial charge in [0.15, 0.2) is 0 Å².